The summed E-state index contributed by atoms with van der Waals surface area (Å²) >= 11 is 0. The normalized spacial score (nSPS) is 13.4. The van der Waals surface area contributed by atoms with Gasteiger partial charge in [-0.1, -0.05) is 6.92 Å². The third kappa shape index (κ3) is 3.35. The van der Waals surface area contributed by atoms with E-state index in [9.17, 15) is 18.0 Å². The number of nitrogens with zero attached hydrogens (tertiary/aromatic N) is 2. The van der Waals surface area contributed by atoms with Crippen molar-refractivity contribution >= 4 is 10.0 Å². The summed E-state index contributed by atoms with van der Waals surface area (Å²) in [7, 11) is -1.46. The molecule has 0 aliphatic heterocycles. The van der Waals surface area contributed by atoms with E-state index in [0.717, 1.165) is 15.3 Å². The first-order valence-corrected chi connectivity index (χ1v) is 7.62. The zero-order chi connectivity index (χ0) is 15.5. The Hall–Kier alpha value is -1.45. The topological polar surface area (TPSA) is 110 Å². The van der Waals surface area contributed by atoms with Gasteiger partial charge in [-0.05, 0) is 12.8 Å². The molecule has 8 nitrogen and oxygen atoms in total. The Bertz CT molecular complexity index is 689. The largest absolute Gasteiger partial charge is 0.396 e. The fraction of sp³-hybridized carbons (Fsp3) is 0.636. The van der Waals surface area contributed by atoms with Gasteiger partial charge in [-0.15, -0.1) is 0 Å². The van der Waals surface area contributed by atoms with Gasteiger partial charge in [0.15, 0.2) is 4.90 Å². The highest BCUT2D eigenvalue weighted by atomic mass is 32.2. The predicted molar refractivity (Wildman–Crippen MR) is 73.0 cm³/mol. The lowest BCUT2D eigenvalue weighted by Crippen LogP contribution is -2.43. The highest BCUT2D eigenvalue weighted by Gasteiger charge is 2.24. The summed E-state index contributed by atoms with van der Waals surface area (Å²) in [5, 5.41) is 8.87. The highest BCUT2D eigenvalue weighted by Crippen LogP contribution is 2.05. The fourth-order valence-electron chi connectivity index (χ4n) is 1.74. The molecule has 114 valence electrons. The maximum atomic E-state index is 12.2. The molecule has 1 aromatic rings. The Morgan fingerprint density at radius 2 is 1.95 bits per heavy atom. The quantitative estimate of drug-likeness (QED) is 0.666. The first-order valence-electron chi connectivity index (χ1n) is 6.14. The molecular formula is C11H19N3O5S. The molecule has 1 atom stereocenters. The van der Waals surface area contributed by atoms with Crippen molar-refractivity contribution in [2.24, 2.45) is 14.1 Å². The summed E-state index contributed by atoms with van der Waals surface area (Å²) in [4.78, 5) is 22.9. The van der Waals surface area contributed by atoms with Crippen LogP contribution in [0.25, 0.3) is 0 Å². The second kappa shape index (κ2) is 6.33. The van der Waals surface area contributed by atoms with Gasteiger partial charge >= 0.3 is 5.69 Å². The lowest BCUT2D eigenvalue weighted by Gasteiger charge is -2.16. The van der Waals surface area contributed by atoms with Gasteiger partial charge in [0.1, 0.15) is 0 Å². The average molecular weight is 305 g/mol. The molecule has 20 heavy (non-hydrogen) atoms. The number of sulfonamides is 1. The Labute approximate surface area is 116 Å². The standard InChI is InChI=1S/C11H19N3O5S/c1-4-8(5-6-15)12-20(18,19)9-7-13(2)11(17)14(3)10(9)16/h7-8,12,15H,4-6H2,1-3H3. The Balaban J connectivity index is 3.30. The Kier molecular flexibility index (Phi) is 5.26. The fourth-order valence-corrected chi connectivity index (χ4v) is 3.26. The molecule has 0 aliphatic rings. The van der Waals surface area contributed by atoms with Gasteiger partial charge in [0.2, 0.25) is 10.0 Å². The van der Waals surface area contributed by atoms with Crippen LogP contribution in [-0.4, -0.2) is 35.3 Å². The van der Waals surface area contributed by atoms with Crippen LogP contribution in [0.1, 0.15) is 19.8 Å². The van der Waals surface area contributed by atoms with E-state index in [-0.39, 0.29) is 13.0 Å². The van der Waals surface area contributed by atoms with Gasteiger partial charge in [0, 0.05) is 32.9 Å². The van der Waals surface area contributed by atoms with Crippen LogP contribution in [0.2, 0.25) is 0 Å². The summed E-state index contributed by atoms with van der Waals surface area (Å²) in [5.74, 6) is 0. The molecule has 1 rings (SSSR count). The zero-order valence-corrected chi connectivity index (χ0v) is 12.5. The van der Waals surface area contributed by atoms with Gasteiger partial charge < -0.3 is 9.67 Å². The summed E-state index contributed by atoms with van der Waals surface area (Å²) in [6.45, 7) is 1.61. The second-order valence-electron chi connectivity index (χ2n) is 4.49. The van der Waals surface area contributed by atoms with Crippen LogP contribution >= 0.6 is 0 Å². The molecule has 0 fully saturated rings. The third-order valence-electron chi connectivity index (χ3n) is 3.00. The first-order chi connectivity index (χ1) is 9.24. The van der Waals surface area contributed by atoms with E-state index < -0.39 is 32.2 Å². The lowest BCUT2D eigenvalue weighted by molar-refractivity contribution is 0.270. The number of aryl methyl sites for hydroxylation is 1. The number of aliphatic hydroxyl groups excluding tert-OH is 1. The van der Waals surface area contributed by atoms with Crippen molar-refractivity contribution in [2.45, 2.75) is 30.7 Å². The summed E-state index contributed by atoms with van der Waals surface area (Å²) in [5.41, 5.74) is -1.48. The maximum absolute atomic E-state index is 12.2. The van der Waals surface area contributed by atoms with Crippen LogP contribution in [-0.2, 0) is 24.1 Å². The minimum Gasteiger partial charge on any atom is -0.396 e. The van der Waals surface area contributed by atoms with Gasteiger partial charge in [0.25, 0.3) is 5.56 Å². The smallest absolute Gasteiger partial charge is 0.330 e. The van der Waals surface area contributed by atoms with E-state index in [2.05, 4.69) is 4.72 Å². The van der Waals surface area contributed by atoms with Crippen LogP contribution in [0.3, 0.4) is 0 Å². The van der Waals surface area contributed by atoms with Gasteiger partial charge in [-0.3, -0.25) is 9.36 Å². The van der Waals surface area contributed by atoms with Crippen molar-refractivity contribution in [3.63, 3.8) is 0 Å². The molecule has 0 spiro atoms. The van der Waals surface area contributed by atoms with Crippen molar-refractivity contribution < 1.29 is 13.5 Å². The monoisotopic (exact) mass is 305 g/mol. The number of hydrogen-bond donors (Lipinski definition) is 2. The van der Waals surface area contributed by atoms with E-state index in [1.807, 2.05) is 0 Å². The minimum absolute atomic E-state index is 0.160. The second-order valence-corrected chi connectivity index (χ2v) is 6.17. The minimum atomic E-state index is -4.04. The molecule has 0 aliphatic carbocycles. The molecule has 0 saturated carbocycles. The lowest BCUT2D eigenvalue weighted by atomic mass is 10.2. The average Bonchev–Trinajstić information content (AvgIpc) is 2.39. The highest BCUT2D eigenvalue weighted by molar-refractivity contribution is 7.89. The van der Waals surface area contributed by atoms with Crippen molar-refractivity contribution in [3.05, 3.63) is 27.0 Å². The Morgan fingerprint density at radius 1 is 1.35 bits per heavy atom. The van der Waals surface area contributed by atoms with Crippen LogP contribution in [0, 0.1) is 0 Å². The van der Waals surface area contributed by atoms with Crippen LogP contribution < -0.4 is 16.0 Å². The molecule has 0 amide bonds. The van der Waals surface area contributed by atoms with E-state index in [0.29, 0.717) is 6.42 Å². The summed E-state index contributed by atoms with van der Waals surface area (Å²) in [6.07, 6.45) is 1.73. The number of aliphatic hydroxyl groups is 1. The first kappa shape index (κ1) is 16.6. The number of nitrogens with one attached hydrogen (secondary N) is 1. The van der Waals surface area contributed by atoms with Gasteiger partial charge in [-0.2, -0.15) is 0 Å². The van der Waals surface area contributed by atoms with Gasteiger partial charge in [-0.25, -0.2) is 17.9 Å². The van der Waals surface area contributed by atoms with E-state index in [4.69, 9.17) is 5.11 Å². The SMILES string of the molecule is CCC(CCO)NS(=O)(=O)c1cn(C)c(=O)n(C)c1=O. The van der Waals surface area contributed by atoms with E-state index >= 15 is 0 Å². The molecule has 0 saturated heterocycles. The molecule has 1 aromatic heterocycles. The molecule has 9 heteroatoms. The third-order valence-corrected chi connectivity index (χ3v) is 4.50. The molecular weight excluding hydrogens is 286 g/mol. The molecule has 1 heterocycles. The van der Waals surface area contributed by atoms with Crippen molar-refractivity contribution in [1.29, 1.82) is 0 Å². The van der Waals surface area contributed by atoms with Crippen LogP contribution in [0.5, 0.6) is 0 Å². The van der Waals surface area contributed by atoms with Crippen LogP contribution in [0.4, 0.5) is 0 Å². The molecule has 0 radical (unpaired) electrons. The summed E-state index contributed by atoms with van der Waals surface area (Å²) < 4.78 is 28.5. The molecule has 0 aromatic carbocycles. The zero-order valence-electron chi connectivity index (χ0n) is 11.7. The summed E-state index contributed by atoms with van der Waals surface area (Å²) in [6, 6.07) is -0.466. The number of rotatable bonds is 6. The van der Waals surface area contributed by atoms with Crippen molar-refractivity contribution in [1.82, 2.24) is 13.9 Å². The molecule has 0 bridgehead atoms. The number of hydrogen-bond acceptors (Lipinski definition) is 5. The van der Waals surface area contributed by atoms with Crippen molar-refractivity contribution in [3.8, 4) is 0 Å². The van der Waals surface area contributed by atoms with Crippen molar-refractivity contribution in [2.75, 3.05) is 6.61 Å². The predicted octanol–water partition coefficient (Wildman–Crippen LogP) is -1.48. The molecule has 1 unspecified atom stereocenters. The van der Waals surface area contributed by atoms with Crippen LogP contribution in [0.15, 0.2) is 20.7 Å². The molecule has 2 N–H and O–H groups in total. The maximum Gasteiger partial charge on any atom is 0.330 e. The van der Waals surface area contributed by atoms with E-state index in [1.54, 1.807) is 6.92 Å². The Morgan fingerprint density at radius 3 is 2.45 bits per heavy atom. The van der Waals surface area contributed by atoms with E-state index in [1.165, 1.54) is 14.1 Å². The van der Waals surface area contributed by atoms with Gasteiger partial charge in [0.05, 0.1) is 0 Å². The number of aromatic nitrogens is 2.